The zero-order valence-corrected chi connectivity index (χ0v) is 15.7. The molecule has 0 bridgehead atoms. The van der Waals surface area contributed by atoms with Crippen LogP contribution >= 0.6 is 0 Å². The molecule has 0 amide bonds. The Morgan fingerprint density at radius 3 is 2.46 bits per heavy atom. The van der Waals surface area contributed by atoms with E-state index in [1.807, 2.05) is 27.2 Å². The normalized spacial score (nSPS) is 12.0. The van der Waals surface area contributed by atoms with Crippen LogP contribution in [0, 0.1) is 17.1 Å². The summed E-state index contributed by atoms with van der Waals surface area (Å²) >= 11 is 0. The summed E-state index contributed by atoms with van der Waals surface area (Å²) < 4.78 is 13.5. The standard InChI is InChI=1S/C21H27FN4/c1-25(2)21(18-6-4-7-19(22)14-18)16-24-15-17-8-10-20(11-9-17)26(3)13-5-12-23/h4,6-11,14,21,24H,5,13,15-16H2,1-3H3. The average molecular weight is 354 g/mol. The molecule has 2 rings (SSSR count). The third-order valence-electron chi connectivity index (χ3n) is 4.46. The number of benzene rings is 2. The molecule has 1 N–H and O–H groups in total. The number of hydrogen-bond donors (Lipinski definition) is 1. The molecule has 2 aromatic carbocycles. The van der Waals surface area contributed by atoms with Gasteiger partial charge in [0.2, 0.25) is 0 Å². The van der Waals surface area contributed by atoms with Gasteiger partial charge in [0.1, 0.15) is 5.82 Å². The van der Waals surface area contributed by atoms with Crippen molar-refractivity contribution >= 4 is 5.69 Å². The first kappa shape index (κ1) is 19.9. The minimum absolute atomic E-state index is 0.113. The van der Waals surface area contributed by atoms with E-state index in [0.29, 0.717) is 6.42 Å². The molecule has 0 saturated carbocycles. The SMILES string of the molecule is CN(CCC#N)c1ccc(CNCC(c2cccc(F)c2)N(C)C)cc1. The van der Waals surface area contributed by atoms with E-state index in [2.05, 4.69) is 45.5 Å². The molecule has 1 atom stereocenters. The van der Waals surface area contributed by atoms with Crippen LogP contribution in [0.1, 0.15) is 23.6 Å². The van der Waals surface area contributed by atoms with E-state index in [0.717, 1.165) is 30.9 Å². The number of nitrogens with one attached hydrogen (secondary N) is 1. The van der Waals surface area contributed by atoms with Gasteiger partial charge in [0.25, 0.3) is 0 Å². The van der Waals surface area contributed by atoms with Gasteiger partial charge in [0.15, 0.2) is 0 Å². The van der Waals surface area contributed by atoms with Crippen LogP contribution in [-0.2, 0) is 6.54 Å². The van der Waals surface area contributed by atoms with Crippen LogP contribution in [-0.4, -0.2) is 39.1 Å². The van der Waals surface area contributed by atoms with Crippen LogP contribution in [0.5, 0.6) is 0 Å². The van der Waals surface area contributed by atoms with Crippen LogP contribution in [0.2, 0.25) is 0 Å². The molecule has 0 aliphatic carbocycles. The van der Waals surface area contributed by atoms with Gasteiger partial charge >= 0.3 is 0 Å². The van der Waals surface area contributed by atoms with Crippen LogP contribution < -0.4 is 10.2 Å². The summed E-state index contributed by atoms with van der Waals surface area (Å²) in [5.74, 6) is -0.203. The van der Waals surface area contributed by atoms with Gasteiger partial charge in [-0.25, -0.2) is 4.39 Å². The Labute approximate surface area is 155 Å². The van der Waals surface area contributed by atoms with Crippen molar-refractivity contribution in [3.63, 3.8) is 0 Å². The molecule has 0 aromatic heterocycles. The molecule has 0 aliphatic rings. The average Bonchev–Trinajstić information content (AvgIpc) is 2.63. The van der Waals surface area contributed by atoms with Crippen LogP contribution in [0.15, 0.2) is 48.5 Å². The van der Waals surface area contributed by atoms with Gasteiger partial charge in [-0.2, -0.15) is 5.26 Å². The van der Waals surface area contributed by atoms with Gasteiger partial charge in [-0.3, -0.25) is 0 Å². The molecule has 1 unspecified atom stereocenters. The van der Waals surface area contributed by atoms with Crippen LogP contribution in [0.25, 0.3) is 0 Å². The van der Waals surface area contributed by atoms with E-state index in [9.17, 15) is 4.39 Å². The van der Waals surface area contributed by atoms with E-state index in [-0.39, 0.29) is 11.9 Å². The first-order chi connectivity index (χ1) is 12.5. The number of halogens is 1. The highest BCUT2D eigenvalue weighted by atomic mass is 19.1. The maximum atomic E-state index is 13.5. The number of likely N-dealkylation sites (N-methyl/N-ethyl adjacent to an activating group) is 1. The maximum absolute atomic E-state index is 13.5. The summed E-state index contributed by atoms with van der Waals surface area (Å²) in [6.45, 7) is 2.22. The Bertz CT molecular complexity index is 722. The number of anilines is 1. The molecule has 0 aliphatic heterocycles. The fourth-order valence-electron chi connectivity index (χ4n) is 2.88. The van der Waals surface area contributed by atoms with Crippen molar-refractivity contribution in [3.05, 3.63) is 65.5 Å². The van der Waals surface area contributed by atoms with Gasteiger partial charge in [-0.05, 0) is 49.5 Å². The van der Waals surface area contributed by atoms with E-state index in [4.69, 9.17) is 5.26 Å². The van der Waals surface area contributed by atoms with Crippen molar-refractivity contribution in [2.75, 3.05) is 39.1 Å². The molecule has 0 radical (unpaired) electrons. The lowest BCUT2D eigenvalue weighted by molar-refractivity contribution is 0.287. The van der Waals surface area contributed by atoms with Crippen molar-refractivity contribution < 1.29 is 4.39 Å². The van der Waals surface area contributed by atoms with Gasteiger partial charge in [0, 0.05) is 38.4 Å². The molecule has 0 spiro atoms. The molecular weight excluding hydrogens is 327 g/mol. The molecule has 26 heavy (non-hydrogen) atoms. The first-order valence-corrected chi connectivity index (χ1v) is 8.81. The second kappa shape index (κ2) is 9.91. The van der Waals surface area contributed by atoms with Gasteiger partial charge < -0.3 is 15.1 Å². The van der Waals surface area contributed by atoms with Gasteiger partial charge in [0.05, 0.1) is 12.5 Å². The van der Waals surface area contributed by atoms with Crippen LogP contribution in [0.4, 0.5) is 10.1 Å². The number of hydrogen-bond acceptors (Lipinski definition) is 4. The number of rotatable bonds is 9. The van der Waals surface area contributed by atoms with E-state index in [1.54, 1.807) is 12.1 Å². The summed E-state index contributed by atoms with van der Waals surface area (Å²) in [6.07, 6.45) is 0.520. The van der Waals surface area contributed by atoms with Gasteiger partial charge in [-0.1, -0.05) is 24.3 Å². The molecule has 2 aromatic rings. The highest BCUT2D eigenvalue weighted by molar-refractivity contribution is 5.46. The summed E-state index contributed by atoms with van der Waals surface area (Å²) in [7, 11) is 6.00. The quantitative estimate of drug-likeness (QED) is 0.748. The Morgan fingerprint density at radius 2 is 1.85 bits per heavy atom. The van der Waals surface area contributed by atoms with E-state index < -0.39 is 0 Å². The number of nitriles is 1. The third kappa shape index (κ3) is 5.83. The fraction of sp³-hybridized carbons (Fsp3) is 0.381. The van der Waals surface area contributed by atoms with E-state index >= 15 is 0 Å². The van der Waals surface area contributed by atoms with Crippen molar-refractivity contribution in [2.24, 2.45) is 0 Å². The molecule has 0 saturated heterocycles. The lowest BCUT2D eigenvalue weighted by atomic mass is 10.1. The lowest BCUT2D eigenvalue weighted by Gasteiger charge is -2.25. The smallest absolute Gasteiger partial charge is 0.123 e. The topological polar surface area (TPSA) is 42.3 Å². The molecule has 138 valence electrons. The Hall–Kier alpha value is -2.42. The van der Waals surface area contributed by atoms with Crippen molar-refractivity contribution in [1.29, 1.82) is 5.26 Å². The Kier molecular flexibility index (Phi) is 7.58. The minimum atomic E-state index is -0.203. The lowest BCUT2D eigenvalue weighted by Crippen LogP contribution is -2.30. The number of nitrogens with zero attached hydrogens (tertiary/aromatic N) is 3. The molecular formula is C21H27FN4. The summed E-state index contributed by atoms with van der Waals surface area (Å²) in [5, 5.41) is 12.1. The van der Waals surface area contributed by atoms with Gasteiger partial charge in [-0.15, -0.1) is 0 Å². The predicted molar refractivity (Wildman–Crippen MR) is 104 cm³/mol. The first-order valence-electron chi connectivity index (χ1n) is 8.81. The Balaban J connectivity index is 1.90. The van der Waals surface area contributed by atoms with Crippen LogP contribution in [0.3, 0.4) is 0 Å². The maximum Gasteiger partial charge on any atom is 0.123 e. The summed E-state index contributed by atoms with van der Waals surface area (Å²) in [4.78, 5) is 4.17. The van der Waals surface area contributed by atoms with Crippen molar-refractivity contribution in [3.8, 4) is 6.07 Å². The third-order valence-corrected chi connectivity index (χ3v) is 4.46. The molecule has 0 fully saturated rings. The zero-order valence-electron chi connectivity index (χ0n) is 15.7. The zero-order chi connectivity index (χ0) is 18.9. The molecule has 4 nitrogen and oxygen atoms in total. The van der Waals surface area contributed by atoms with E-state index in [1.165, 1.54) is 11.6 Å². The van der Waals surface area contributed by atoms with Crippen molar-refractivity contribution in [2.45, 2.75) is 19.0 Å². The Morgan fingerprint density at radius 1 is 1.12 bits per heavy atom. The largest absolute Gasteiger partial charge is 0.374 e. The van der Waals surface area contributed by atoms with Crippen molar-refractivity contribution in [1.82, 2.24) is 10.2 Å². The molecule has 0 heterocycles. The fourth-order valence-corrected chi connectivity index (χ4v) is 2.88. The highest BCUT2D eigenvalue weighted by Gasteiger charge is 2.14. The second-order valence-corrected chi connectivity index (χ2v) is 6.66. The summed E-state index contributed by atoms with van der Waals surface area (Å²) in [5.41, 5.74) is 3.27. The predicted octanol–water partition coefficient (Wildman–Crippen LogP) is 3.57. The minimum Gasteiger partial charge on any atom is -0.374 e. The monoisotopic (exact) mass is 354 g/mol. The summed E-state index contributed by atoms with van der Waals surface area (Å²) in [6, 6.07) is 17.4. The second-order valence-electron chi connectivity index (χ2n) is 6.66. The highest BCUT2D eigenvalue weighted by Crippen LogP contribution is 2.19. The molecule has 5 heteroatoms.